The number of rotatable bonds is 3. The zero-order valence-corrected chi connectivity index (χ0v) is 12.8. The Morgan fingerprint density at radius 2 is 2.00 bits per heavy atom. The first-order valence-corrected chi connectivity index (χ1v) is 7.88. The highest BCUT2D eigenvalue weighted by Gasteiger charge is 2.36. The molecule has 1 aromatic carbocycles. The molecule has 2 aliphatic rings. The van der Waals surface area contributed by atoms with E-state index in [2.05, 4.69) is 26.9 Å². The van der Waals surface area contributed by atoms with Gasteiger partial charge in [0.2, 0.25) is 0 Å². The summed E-state index contributed by atoms with van der Waals surface area (Å²) in [5.41, 5.74) is 2.13. The quantitative estimate of drug-likeness (QED) is 0.854. The number of benzene rings is 1. The van der Waals surface area contributed by atoms with E-state index in [-0.39, 0.29) is 0 Å². The van der Waals surface area contributed by atoms with Crippen LogP contribution in [0.4, 0.5) is 5.69 Å². The highest BCUT2D eigenvalue weighted by atomic mass is 79.9. The van der Waals surface area contributed by atoms with Crippen molar-refractivity contribution in [2.75, 3.05) is 18.0 Å². The van der Waals surface area contributed by atoms with E-state index in [1.54, 1.807) is 6.08 Å². The van der Waals surface area contributed by atoms with Crippen LogP contribution in [0.2, 0.25) is 0 Å². The normalized spacial score (nSPS) is 25.4. The SMILES string of the molecule is O=C(O)/C=C/c1cc(Br)ccc1N1CC2CCCC2C1. The highest BCUT2D eigenvalue weighted by molar-refractivity contribution is 9.10. The van der Waals surface area contributed by atoms with E-state index in [1.165, 1.54) is 25.3 Å². The van der Waals surface area contributed by atoms with Crippen LogP contribution in [-0.4, -0.2) is 24.2 Å². The van der Waals surface area contributed by atoms with Crippen LogP contribution < -0.4 is 4.90 Å². The van der Waals surface area contributed by atoms with Crippen molar-refractivity contribution in [1.82, 2.24) is 0 Å². The van der Waals surface area contributed by atoms with E-state index in [0.29, 0.717) is 0 Å². The Morgan fingerprint density at radius 1 is 1.30 bits per heavy atom. The van der Waals surface area contributed by atoms with Gasteiger partial charge in [0, 0.05) is 29.3 Å². The first-order chi connectivity index (χ1) is 9.63. The lowest BCUT2D eigenvalue weighted by Gasteiger charge is -2.22. The van der Waals surface area contributed by atoms with Crippen molar-refractivity contribution in [3.05, 3.63) is 34.3 Å². The highest BCUT2D eigenvalue weighted by Crippen LogP contribution is 2.40. The Balaban J connectivity index is 1.87. The van der Waals surface area contributed by atoms with Gasteiger partial charge in [0.1, 0.15) is 0 Å². The summed E-state index contributed by atoms with van der Waals surface area (Å²) in [5.74, 6) is 0.749. The third kappa shape index (κ3) is 2.75. The number of nitrogens with zero attached hydrogens (tertiary/aromatic N) is 1. The van der Waals surface area contributed by atoms with Crippen molar-refractivity contribution in [2.24, 2.45) is 11.8 Å². The van der Waals surface area contributed by atoms with Crippen molar-refractivity contribution in [1.29, 1.82) is 0 Å². The summed E-state index contributed by atoms with van der Waals surface area (Å²) < 4.78 is 0.977. The molecule has 1 aliphatic heterocycles. The minimum atomic E-state index is -0.908. The van der Waals surface area contributed by atoms with Gasteiger partial charge in [-0.2, -0.15) is 0 Å². The number of hydrogen-bond acceptors (Lipinski definition) is 2. The van der Waals surface area contributed by atoms with E-state index < -0.39 is 5.97 Å². The molecule has 20 heavy (non-hydrogen) atoms. The largest absolute Gasteiger partial charge is 0.478 e. The Kier molecular flexibility index (Phi) is 3.83. The average Bonchev–Trinajstić information content (AvgIpc) is 2.97. The first-order valence-electron chi connectivity index (χ1n) is 7.09. The number of aliphatic carboxylic acids is 1. The molecule has 1 saturated heterocycles. The molecule has 0 bridgehead atoms. The lowest BCUT2D eigenvalue weighted by atomic mass is 10.0. The van der Waals surface area contributed by atoms with Gasteiger partial charge < -0.3 is 10.0 Å². The minimum Gasteiger partial charge on any atom is -0.478 e. The van der Waals surface area contributed by atoms with Crippen molar-refractivity contribution >= 4 is 33.7 Å². The molecule has 1 aliphatic carbocycles. The van der Waals surface area contributed by atoms with E-state index in [9.17, 15) is 4.79 Å². The van der Waals surface area contributed by atoms with Crippen molar-refractivity contribution < 1.29 is 9.90 Å². The van der Waals surface area contributed by atoms with E-state index in [0.717, 1.165) is 40.6 Å². The van der Waals surface area contributed by atoms with Crippen LogP contribution in [0.3, 0.4) is 0 Å². The maximum absolute atomic E-state index is 10.7. The zero-order valence-electron chi connectivity index (χ0n) is 11.3. The second kappa shape index (κ2) is 5.60. The molecular formula is C16H18BrNO2. The summed E-state index contributed by atoms with van der Waals surface area (Å²) in [6, 6.07) is 6.11. The molecule has 3 nitrogen and oxygen atoms in total. The van der Waals surface area contributed by atoms with Crippen LogP contribution in [0.1, 0.15) is 24.8 Å². The van der Waals surface area contributed by atoms with Gasteiger partial charge >= 0.3 is 5.97 Å². The summed E-state index contributed by atoms with van der Waals surface area (Å²) >= 11 is 3.46. The fraction of sp³-hybridized carbons (Fsp3) is 0.438. The van der Waals surface area contributed by atoms with E-state index >= 15 is 0 Å². The fourth-order valence-corrected chi connectivity index (χ4v) is 3.92. The third-order valence-corrected chi connectivity index (χ3v) is 4.96. The van der Waals surface area contributed by atoms with Crippen molar-refractivity contribution in [2.45, 2.75) is 19.3 Å². The third-order valence-electron chi connectivity index (χ3n) is 4.46. The minimum absolute atomic E-state index is 0.829. The molecule has 3 rings (SSSR count). The van der Waals surface area contributed by atoms with Crippen molar-refractivity contribution in [3.63, 3.8) is 0 Å². The van der Waals surface area contributed by atoms with Gasteiger partial charge in [-0.15, -0.1) is 0 Å². The summed E-state index contributed by atoms with van der Waals surface area (Å²) in [4.78, 5) is 13.2. The van der Waals surface area contributed by atoms with Crippen LogP contribution in [0, 0.1) is 11.8 Å². The van der Waals surface area contributed by atoms with Crippen molar-refractivity contribution in [3.8, 4) is 0 Å². The summed E-state index contributed by atoms with van der Waals surface area (Å²) in [6.07, 6.45) is 6.96. The molecule has 106 valence electrons. The number of halogens is 1. The lowest BCUT2D eigenvalue weighted by Crippen LogP contribution is -2.21. The topological polar surface area (TPSA) is 40.5 Å². The molecule has 0 spiro atoms. The molecule has 0 amide bonds. The maximum Gasteiger partial charge on any atom is 0.328 e. The summed E-state index contributed by atoms with van der Waals surface area (Å²) in [6.45, 7) is 2.22. The van der Waals surface area contributed by atoms with E-state index in [1.807, 2.05) is 12.1 Å². The van der Waals surface area contributed by atoms with Gasteiger partial charge in [0.05, 0.1) is 0 Å². The second-order valence-electron chi connectivity index (χ2n) is 5.73. The van der Waals surface area contributed by atoms with Gasteiger partial charge in [-0.05, 0) is 54.5 Å². The molecular weight excluding hydrogens is 318 g/mol. The fourth-order valence-electron chi connectivity index (χ4n) is 3.54. The number of carboxylic acid groups (broad SMARTS) is 1. The van der Waals surface area contributed by atoms with Crippen LogP contribution >= 0.6 is 15.9 Å². The summed E-state index contributed by atoms with van der Waals surface area (Å²) in [5, 5.41) is 8.82. The van der Waals surface area contributed by atoms with Gasteiger partial charge in [-0.3, -0.25) is 0 Å². The number of carbonyl (C=O) groups is 1. The van der Waals surface area contributed by atoms with Gasteiger partial charge in [0.15, 0.2) is 0 Å². The average molecular weight is 336 g/mol. The van der Waals surface area contributed by atoms with Crippen LogP contribution in [0.5, 0.6) is 0 Å². The predicted molar refractivity (Wildman–Crippen MR) is 83.9 cm³/mol. The molecule has 1 N–H and O–H groups in total. The maximum atomic E-state index is 10.7. The number of hydrogen-bond donors (Lipinski definition) is 1. The molecule has 0 radical (unpaired) electrons. The van der Waals surface area contributed by atoms with Gasteiger partial charge in [0.25, 0.3) is 0 Å². The smallest absolute Gasteiger partial charge is 0.328 e. The standard InChI is InChI=1S/C16H18BrNO2/c17-14-5-6-15(11(8-14)4-7-16(19)20)18-9-12-2-1-3-13(12)10-18/h4-8,12-13H,1-3,9-10H2,(H,19,20)/b7-4+. The molecule has 2 atom stereocenters. The van der Waals surface area contributed by atoms with Gasteiger partial charge in [-0.25, -0.2) is 4.79 Å². The van der Waals surface area contributed by atoms with Crippen LogP contribution in [-0.2, 0) is 4.79 Å². The predicted octanol–water partition coefficient (Wildman–Crippen LogP) is 3.78. The molecule has 4 heteroatoms. The van der Waals surface area contributed by atoms with Crippen LogP contribution in [0.25, 0.3) is 6.08 Å². The molecule has 1 aromatic rings. The number of carboxylic acids is 1. The van der Waals surface area contributed by atoms with Gasteiger partial charge in [-0.1, -0.05) is 22.4 Å². The zero-order chi connectivity index (χ0) is 14.1. The summed E-state index contributed by atoms with van der Waals surface area (Å²) in [7, 11) is 0. The first kappa shape index (κ1) is 13.7. The molecule has 1 saturated carbocycles. The second-order valence-corrected chi connectivity index (χ2v) is 6.65. The van der Waals surface area contributed by atoms with E-state index in [4.69, 9.17) is 5.11 Å². The van der Waals surface area contributed by atoms with Crippen LogP contribution in [0.15, 0.2) is 28.7 Å². The Bertz CT molecular complexity index is 543. The molecule has 2 fully saturated rings. The molecule has 2 unspecified atom stereocenters. The Morgan fingerprint density at radius 3 is 2.65 bits per heavy atom. The number of anilines is 1. The monoisotopic (exact) mass is 335 g/mol. The Labute approximate surface area is 127 Å². The Hall–Kier alpha value is -1.29. The lowest BCUT2D eigenvalue weighted by molar-refractivity contribution is -0.131. The molecule has 0 aromatic heterocycles. The molecule has 1 heterocycles. The number of fused-ring (bicyclic) bond motifs is 1.